The Kier molecular flexibility index (Phi) is 4.20. The van der Waals surface area contributed by atoms with Crippen LogP contribution in [0.5, 0.6) is 0 Å². The molecule has 0 bridgehead atoms. The number of amides is 1. The first-order valence-corrected chi connectivity index (χ1v) is 7.64. The van der Waals surface area contributed by atoms with Gasteiger partial charge in [0.05, 0.1) is 11.2 Å². The first-order chi connectivity index (χ1) is 10.7. The Morgan fingerprint density at radius 3 is 2.82 bits per heavy atom. The number of hydrogen-bond acceptors (Lipinski definition) is 4. The number of carbonyl (C=O) groups excluding carboxylic acids is 1. The molecule has 0 radical (unpaired) electrons. The van der Waals surface area contributed by atoms with E-state index in [-0.39, 0.29) is 12.5 Å². The highest BCUT2D eigenvalue weighted by atomic mass is 16.3. The Balaban J connectivity index is 1.73. The average Bonchev–Trinajstić information content (AvgIpc) is 3.08. The van der Waals surface area contributed by atoms with E-state index in [2.05, 4.69) is 15.4 Å². The van der Waals surface area contributed by atoms with E-state index in [1.807, 2.05) is 0 Å². The fourth-order valence-corrected chi connectivity index (χ4v) is 2.88. The molecule has 1 fully saturated rings. The molecule has 0 saturated heterocycles. The van der Waals surface area contributed by atoms with E-state index in [0.717, 1.165) is 32.1 Å². The largest absolute Gasteiger partial charge is 0.388 e. The minimum absolute atomic E-state index is 0.238. The van der Waals surface area contributed by atoms with Crippen LogP contribution in [0.3, 0.4) is 0 Å². The van der Waals surface area contributed by atoms with Gasteiger partial charge >= 0.3 is 0 Å². The van der Waals surface area contributed by atoms with Crippen LogP contribution in [-0.4, -0.2) is 37.9 Å². The van der Waals surface area contributed by atoms with Crippen LogP contribution in [0.15, 0.2) is 36.8 Å². The molecule has 1 saturated carbocycles. The Hall–Kier alpha value is -2.21. The topological polar surface area (TPSA) is 80.0 Å². The van der Waals surface area contributed by atoms with E-state index in [1.54, 1.807) is 41.5 Å². The molecule has 2 aromatic heterocycles. The van der Waals surface area contributed by atoms with Crippen molar-refractivity contribution in [3.8, 4) is 5.82 Å². The van der Waals surface area contributed by atoms with Crippen molar-refractivity contribution in [1.82, 2.24) is 20.1 Å². The standard InChI is InChI=1S/C16H20N4O2/c21-15(18-12-16(22)7-2-1-3-8-16)13-6-4-9-17-14(13)20-11-5-10-19-20/h4-6,9-11,22H,1-3,7-8,12H2,(H,18,21). The summed E-state index contributed by atoms with van der Waals surface area (Å²) in [5.41, 5.74) is -0.326. The van der Waals surface area contributed by atoms with Crippen LogP contribution in [0.2, 0.25) is 0 Å². The molecule has 2 N–H and O–H groups in total. The highest BCUT2D eigenvalue weighted by Crippen LogP contribution is 2.27. The molecular formula is C16H20N4O2. The summed E-state index contributed by atoms with van der Waals surface area (Å²) in [6.07, 6.45) is 9.67. The van der Waals surface area contributed by atoms with Crippen LogP contribution in [0.25, 0.3) is 5.82 Å². The van der Waals surface area contributed by atoms with Crippen LogP contribution < -0.4 is 5.32 Å². The SMILES string of the molecule is O=C(NCC1(O)CCCCC1)c1cccnc1-n1cccn1. The molecular weight excluding hydrogens is 280 g/mol. The maximum absolute atomic E-state index is 12.4. The molecule has 6 nitrogen and oxygen atoms in total. The van der Waals surface area contributed by atoms with Gasteiger partial charge < -0.3 is 10.4 Å². The summed E-state index contributed by atoms with van der Waals surface area (Å²) >= 11 is 0. The number of aliphatic hydroxyl groups is 1. The molecule has 0 aliphatic heterocycles. The smallest absolute Gasteiger partial charge is 0.255 e. The average molecular weight is 300 g/mol. The lowest BCUT2D eigenvalue weighted by molar-refractivity contribution is 0.00525. The van der Waals surface area contributed by atoms with Crippen molar-refractivity contribution in [2.24, 2.45) is 0 Å². The third-order valence-corrected chi connectivity index (χ3v) is 4.11. The Labute approximate surface area is 129 Å². The lowest BCUT2D eigenvalue weighted by Crippen LogP contribution is -2.44. The quantitative estimate of drug-likeness (QED) is 0.900. The third kappa shape index (κ3) is 3.17. The van der Waals surface area contributed by atoms with Gasteiger partial charge in [-0.3, -0.25) is 4.79 Å². The van der Waals surface area contributed by atoms with Gasteiger partial charge in [-0.15, -0.1) is 0 Å². The number of pyridine rings is 1. The lowest BCUT2D eigenvalue weighted by atomic mass is 9.85. The zero-order chi connectivity index (χ0) is 15.4. The predicted octanol–water partition coefficient (Wildman–Crippen LogP) is 1.69. The summed E-state index contributed by atoms with van der Waals surface area (Å²) in [5.74, 6) is 0.248. The minimum Gasteiger partial charge on any atom is -0.388 e. The zero-order valence-electron chi connectivity index (χ0n) is 12.4. The minimum atomic E-state index is -0.776. The molecule has 22 heavy (non-hydrogen) atoms. The number of rotatable bonds is 4. The zero-order valence-corrected chi connectivity index (χ0v) is 12.4. The van der Waals surface area contributed by atoms with Crippen LogP contribution in [0, 0.1) is 0 Å². The lowest BCUT2D eigenvalue weighted by Gasteiger charge is -2.32. The number of nitrogens with zero attached hydrogens (tertiary/aromatic N) is 3. The maximum atomic E-state index is 12.4. The van der Waals surface area contributed by atoms with Crippen LogP contribution in [-0.2, 0) is 0 Å². The highest BCUT2D eigenvalue weighted by molar-refractivity contribution is 5.97. The van der Waals surface area contributed by atoms with Crippen LogP contribution in [0.4, 0.5) is 0 Å². The van der Waals surface area contributed by atoms with Gasteiger partial charge in [-0.2, -0.15) is 5.10 Å². The molecule has 0 aromatic carbocycles. The van der Waals surface area contributed by atoms with Crippen LogP contribution in [0.1, 0.15) is 42.5 Å². The normalized spacial score (nSPS) is 17.1. The van der Waals surface area contributed by atoms with Crippen molar-refractivity contribution >= 4 is 5.91 Å². The Morgan fingerprint density at radius 2 is 2.09 bits per heavy atom. The number of aromatic nitrogens is 3. The van der Waals surface area contributed by atoms with E-state index in [1.165, 1.54) is 0 Å². The fourth-order valence-electron chi connectivity index (χ4n) is 2.88. The molecule has 6 heteroatoms. The highest BCUT2D eigenvalue weighted by Gasteiger charge is 2.29. The monoisotopic (exact) mass is 300 g/mol. The molecule has 2 aromatic rings. The van der Waals surface area contributed by atoms with Crippen molar-refractivity contribution in [3.63, 3.8) is 0 Å². The third-order valence-electron chi connectivity index (χ3n) is 4.11. The van der Waals surface area contributed by atoms with E-state index >= 15 is 0 Å². The number of carbonyl (C=O) groups is 1. The summed E-state index contributed by atoms with van der Waals surface area (Å²) in [5, 5.41) is 17.4. The van der Waals surface area contributed by atoms with Gasteiger partial charge in [0, 0.05) is 25.1 Å². The van der Waals surface area contributed by atoms with E-state index in [4.69, 9.17) is 0 Å². The van der Waals surface area contributed by atoms with Gasteiger partial charge in [0.15, 0.2) is 5.82 Å². The molecule has 1 aliphatic carbocycles. The molecule has 3 rings (SSSR count). The Morgan fingerprint density at radius 1 is 1.27 bits per heavy atom. The molecule has 0 unspecified atom stereocenters. The van der Waals surface area contributed by atoms with Gasteiger partial charge in [-0.05, 0) is 31.0 Å². The van der Waals surface area contributed by atoms with Crippen molar-refractivity contribution in [1.29, 1.82) is 0 Å². The van der Waals surface area contributed by atoms with Gasteiger partial charge in [-0.25, -0.2) is 9.67 Å². The summed E-state index contributed by atoms with van der Waals surface area (Å²) in [4.78, 5) is 16.7. The second kappa shape index (κ2) is 6.27. The molecule has 116 valence electrons. The molecule has 2 heterocycles. The summed E-state index contributed by atoms with van der Waals surface area (Å²) in [7, 11) is 0. The van der Waals surface area contributed by atoms with Crippen molar-refractivity contribution in [2.45, 2.75) is 37.7 Å². The van der Waals surface area contributed by atoms with E-state index in [0.29, 0.717) is 11.4 Å². The van der Waals surface area contributed by atoms with Crippen molar-refractivity contribution in [3.05, 3.63) is 42.4 Å². The summed E-state index contributed by atoms with van der Waals surface area (Å²) in [6.45, 7) is 0.277. The maximum Gasteiger partial charge on any atom is 0.255 e. The van der Waals surface area contributed by atoms with Gasteiger partial charge in [0.1, 0.15) is 0 Å². The predicted molar refractivity (Wildman–Crippen MR) is 81.7 cm³/mol. The van der Waals surface area contributed by atoms with Gasteiger partial charge in [0.25, 0.3) is 5.91 Å². The number of nitrogens with one attached hydrogen (secondary N) is 1. The van der Waals surface area contributed by atoms with Gasteiger partial charge in [-0.1, -0.05) is 19.3 Å². The first-order valence-electron chi connectivity index (χ1n) is 7.64. The van der Waals surface area contributed by atoms with Gasteiger partial charge in [0.2, 0.25) is 0 Å². The van der Waals surface area contributed by atoms with E-state index in [9.17, 15) is 9.90 Å². The molecule has 0 atom stereocenters. The second-order valence-electron chi connectivity index (χ2n) is 5.79. The number of hydrogen-bond donors (Lipinski definition) is 2. The Bertz CT molecular complexity index is 633. The van der Waals surface area contributed by atoms with Crippen molar-refractivity contribution in [2.75, 3.05) is 6.54 Å². The summed E-state index contributed by atoms with van der Waals surface area (Å²) < 4.78 is 1.56. The summed E-state index contributed by atoms with van der Waals surface area (Å²) in [6, 6.07) is 5.21. The molecule has 0 spiro atoms. The first kappa shape index (κ1) is 14.7. The molecule has 1 aliphatic rings. The van der Waals surface area contributed by atoms with E-state index < -0.39 is 5.60 Å². The van der Waals surface area contributed by atoms with Crippen molar-refractivity contribution < 1.29 is 9.90 Å². The molecule has 1 amide bonds. The second-order valence-corrected chi connectivity index (χ2v) is 5.79. The fraction of sp³-hybridized carbons (Fsp3) is 0.438. The van der Waals surface area contributed by atoms with Crippen LogP contribution >= 0.6 is 0 Å².